The van der Waals surface area contributed by atoms with Gasteiger partial charge in [-0.25, -0.2) is 0 Å². The van der Waals surface area contributed by atoms with Crippen LogP contribution >= 0.6 is 11.3 Å². The van der Waals surface area contributed by atoms with Crippen molar-refractivity contribution in [2.24, 2.45) is 0 Å². The summed E-state index contributed by atoms with van der Waals surface area (Å²) >= 11 is 1.75. The van der Waals surface area contributed by atoms with Gasteiger partial charge in [0, 0.05) is 10.9 Å². The standard InChI is InChI=1S/C14H20N4OS/c1-2-4-11(12-5-3-8-20-12)16-14-18-17-13(19-14)9-15-10-6-7-10/h3,5,8,10-11,15H,2,4,6-7,9H2,1H3,(H,16,18). The highest BCUT2D eigenvalue weighted by atomic mass is 32.1. The van der Waals surface area contributed by atoms with E-state index in [9.17, 15) is 0 Å². The minimum Gasteiger partial charge on any atom is -0.407 e. The quantitative estimate of drug-likeness (QED) is 0.781. The summed E-state index contributed by atoms with van der Waals surface area (Å²) < 4.78 is 5.65. The molecule has 6 heteroatoms. The van der Waals surface area contributed by atoms with Crippen LogP contribution in [0.3, 0.4) is 0 Å². The molecular formula is C14H20N4OS. The molecule has 2 aromatic heterocycles. The molecule has 0 spiro atoms. The van der Waals surface area contributed by atoms with Crippen LogP contribution in [0.4, 0.5) is 6.01 Å². The summed E-state index contributed by atoms with van der Waals surface area (Å²) in [6.45, 7) is 2.85. The van der Waals surface area contributed by atoms with Gasteiger partial charge >= 0.3 is 6.01 Å². The molecule has 1 unspecified atom stereocenters. The Morgan fingerprint density at radius 1 is 1.45 bits per heavy atom. The summed E-state index contributed by atoms with van der Waals surface area (Å²) in [6, 6.07) is 5.64. The first-order chi connectivity index (χ1) is 9.85. The second-order valence-electron chi connectivity index (χ2n) is 5.16. The molecule has 20 heavy (non-hydrogen) atoms. The summed E-state index contributed by atoms with van der Waals surface area (Å²) in [6.07, 6.45) is 4.69. The van der Waals surface area contributed by atoms with Gasteiger partial charge in [0.15, 0.2) is 0 Å². The molecule has 0 amide bonds. The predicted octanol–water partition coefficient (Wildman–Crippen LogP) is 3.34. The molecule has 1 atom stereocenters. The van der Waals surface area contributed by atoms with E-state index >= 15 is 0 Å². The second-order valence-corrected chi connectivity index (χ2v) is 6.14. The number of nitrogens with zero attached hydrogens (tertiary/aromatic N) is 2. The molecular weight excluding hydrogens is 272 g/mol. The topological polar surface area (TPSA) is 63.0 Å². The number of nitrogens with one attached hydrogen (secondary N) is 2. The van der Waals surface area contributed by atoms with Crippen molar-refractivity contribution in [1.82, 2.24) is 15.5 Å². The fourth-order valence-corrected chi connectivity index (χ4v) is 2.93. The summed E-state index contributed by atoms with van der Waals surface area (Å²) in [4.78, 5) is 1.31. The summed E-state index contributed by atoms with van der Waals surface area (Å²) in [5.74, 6) is 0.654. The van der Waals surface area contributed by atoms with Crippen molar-refractivity contribution in [3.05, 3.63) is 28.3 Å². The van der Waals surface area contributed by atoms with E-state index in [0.29, 0.717) is 24.5 Å². The Balaban J connectivity index is 1.59. The molecule has 0 aromatic carbocycles. The Morgan fingerprint density at radius 3 is 3.05 bits per heavy atom. The summed E-state index contributed by atoms with van der Waals surface area (Å²) in [5.41, 5.74) is 0. The third-order valence-electron chi connectivity index (χ3n) is 3.35. The van der Waals surface area contributed by atoms with Gasteiger partial charge in [0.2, 0.25) is 5.89 Å². The van der Waals surface area contributed by atoms with E-state index < -0.39 is 0 Å². The van der Waals surface area contributed by atoms with Gasteiger partial charge in [-0.3, -0.25) is 0 Å². The normalized spacial score (nSPS) is 16.2. The van der Waals surface area contributed by atoms with Gasteiger partial charge in [-0.05, 0) is 30.7 Å². The van der Waals surface area contributed by atoms with Crippen molar-refractivity contribution in [2.45, 2.75) is 51.2 Å². The van der Waals surface area contributed by atoms with Gasteiger partial charge in [-0.15, -0.1) is 16.4 Å². The molecule has 0 saturated heterocycles. The molecule has 0 bridgehead atoms. The van der Waals surface area contributed by atoms with Crippen LogP contribution in [0.15, 0.2) is 21.9 Å². The molecule has 0 aliphatic heterocycles. The number of aromatic nitrogens is 2. The van der Waals surface area contributed by atoms with Crippen molar-refractivity contribution in [1.29, 1.82) is 0 Å². The van der Waals surface area contributed by atoms with E-state index in [2.05, 4.69) is 45.3 Å². The maximum atomic E-state index is 5.65. The maximum absolute atomic E-state index is 5.65. The summed E-state index contributed by atoms with van der Waals surface area (Å²) in [7, 11) is 0. The van der Waals surface area contributed by atoms with Crippen molar-refractivity contribution in [3.63, 3.8) is 0 Å². The lowest BCUT2D eigenvalue weighted by molar-refractivity contribution is 0.470. The van der Waals surface area contributed by atoms with E-state index in [4.69, 9.17) is 4.42 Å². The van der Waals surface area contributed by atoms with Crippen molar-refractivity contribution in [2.75, 3.05) is 5.32 Å². The average molecular weight is 292 g/mol. The Morgan fingerprint density at radius 2 is 2.35 bits per heavy atom. The highest BCUT2D eigenvalue weighted by Crippen LogP contribution is 2.27. The monoisotopic (exact) mass is 292 g/mol. The van der Waals surface area contributed by atoms with Crippen LogP contribution in [0.2, 0.25) is 0 Å². The first kappa shape index (κ1) is 13.6. The Kier molecular flexibility index (Phi) is 4.32. The van der Waals surface area contributed by atoms with Crippen LogP contribution < -0.4 is 10.6 Å². The van der Waals surface area contributed by atoms with Gasteiger partial charge in [-0.1, -0.05) is 24.5 Å². The number of thiophene rings is 1. The van der Waals surface area contributed by atoms with Crippen LogP contribution in [-0.2, 0) is 6.54 Å². The van der Waals surface area contributed by atoms with E-state index in [0.717, 1.165) is 12.8 Å². The molecule has 2 heterocycles. The lowest BCUT2D eigenvalue weighted by Crippen LogP contribution is -2.15. The van der Waals surface area contributed by atoms with E-state index in [1.54, 1.807) is 11.3 Å². The van der Waals surface area contributed by atoms with Gasteiger partial charge in [0.25, 0.3) is 0 Å². The third-order valence-corrected chi connectivity index (χ3v) is 4.33. The van der Waals surface area contributed by atoms with Crippen LogP contribution in [0.5, 0.6) is 0 Å². The average Bonchev–Trinajstić information content (AvgIpc) is 2.94. The largest absolute Gasteiger partial charge is 0.407 e. The highest BCUT2D eigenvalue weighted by Gasteiger charge is 2.21. The fourth-order valence-electron chi connectivity index (χ4n) is 2.12. The minimum absolute atomic E-state index is 0.254. The molecule has 1 aliphatic rings. The van der Waals surface area contributed by atoms with Crippen molar-refractivity contribution >= 4 is 17.4 Å². The van der Waals surface area contributed by atoms with Gasteiger partial charge in [0.1, 0.15) is 0 Å². The maximum Gasteiger partial charge on any atom is 0.316 e. The van der Waals surface area contributed by atoms with E-state index in [1.165, 1.54) is 17.7 Å². The Hall–Kier alpha value is -1.40. The number of anilines is 1. The van der Waals surface area contributed by atoms with Crippen molar-refractivity contribution < 1.29 is 4.42 Å². The number of hydrogen-bond donors (Lipinski definition) is 2. The zero-order valence-electron chi connectivity index (χ0n) is 11.6. The smallest absolute Gasteiger partial charge is 0.316 e. The Bertz CT molecular complexity index is 521. The highest BCUT2D eigenvalue weighted by molar-refractivity contribution is 7.10. The molecule has 1 fully saturated rings. The van der Waals surface area contributed by atoms with Crippen LogP contribution in [0.1, 0.15) is 49.4 Å². The van der Waals surface area contributed by atoms with Crippen molar-refractivity contribution in [3.8, 4) is 0 Å². The van der Waals surface area contributed by atoms with Gasteiger partial charge in [-0.2, -0.15) is 0 Å². The molecule has 2 aromatic rings. The first-order valence-corrected chi connectivity index (χ1v) is 8.09. The molecule has 1 aliphatic carbocycles. The van der Waals surface area contributed by atoms with Crippen LogP contribution in [-0.4, -0.2) is 16.2 Å². The molecule has 0 radical (unpaired) electrons. The molecule has 2 N–H and O–H groups in total. The third kappa shape index (κ3) is 3.58. The molecule has 1 saturated carbocycles. The summed E-state index contributed by atoms with van der Waals surface area (Å²) in [5, 5.41) is 17.0. The predicted molar refractivity (Wildman–Crippen MR) is 79.8 cm³/mol. The molecule has 108 valence electrons. The minimum atomic E-state index is 0.254. The molecule has 5 nitrogen and oxygen atoms in total. The number of hydrogen-bond acceptors (Lipinski definition) is 6. The first-order valence-electron chi connectivity index (χ1n) is 7.21. The Labute approximate surface area is 122 Å². The zero-order valence-corrected chi connectivity index (χ0v) is 12.4. The fraction of sp³-hybridized carbons (Fsp3) is 0.571. The lowest BCUT2D eigenvalue weighted by atomic mass is 10.1. The second kappa shape index (κ2) is 6.37. The SMILES string of the molecule is CCCC(Nc1nnc(CNC2CC2)o1)c1cccs1. The van der Waals surface area contributed by atoms with E-state index in [1.807, 2.05) is 0 Å². The van der Waals surface area contributed by atoms with Gasteiger partial charge in [0.05, 0.1) is 12.6 Å². The van der Waals surface area contributed by atoms with Gasteiger partial charge < -0.3 is 15.1 Å². The van der Waals surface area contributed by atoms with Crippen LogP contribution in [0, 0.1) is 0 Å². The lowest BCUT2D eigenvalue weighted by Gasteiger charge is -2.14. The molecule has 3 rings (SSSR count). The van der Waals surface area contributed by atoms with E-state index in [-0.39, 0.29) is 6.04 Å². The number of rotatable bonds is 8. The van der Waals surface area contributed by atoms with Crippen LogP contribution in [0.25, 0.3) is 0 Å². The zero-order chi connectivity index (χ0) is 13.8.